The average Bonchev–Trinajstić information content (AvgIpc) is 3.12. The Kier molecular flexibility index (Phi) is 6.82. The summed E-state index contributed by atoms with van der Waals surface area (Å²) in [6.45, 7) is 5.64. The smallest absolute Gasteiger partial charge is 0.416 e. The number of allylic oxidation sites excluding steroid dienone is 1. The van der Waals surface area contributed by atoms with Gasteiger partial charge >= 0.3 is 6.18 Å². The highest BCUT2D eigenvalue weighted by Gasteiger charge is 2.30. The van der Waals surface area contributed by atoms with E-state index in [9.17, 15) is 13.2 Å². The van der Waals surface area contributed by atoms with Crippen LogP contribution in [0.3, 0.4) is 0 Å². The molecule has 1 atom stereocenters. The normalized spacial score (nSPS) is 13.3. The summed E-state index contributed by atoms with van der Waals surface area (Å²) in [4.78, 5) is 4.37. The lowest BCUT2D eigenvalue weighted by atomic mass is 10.1. The summed E-state index contributed by atoms with van der Waals surface area (Å²) in [5, 5.41) is 8.97. The van der Waals surface area contributed by atoms with Gasteiger partial charge in [-0.3, -0.25) is 0 Å². The zero-order valence-electron chi connectivity index (χ0n) is 17.3. The van der Waals surface area contributed by atoms with E-state index in [2.05, 4.69) is 10.5 Å². The molecule has 1 unspecified atom stereocenters. The molecule has 5 nitrogen and oxygen atoms in total. The van der Waals surface area contributed by atoms with Crippen LogP contribution in [0.4, 0.5) is 13.2 Å². The lowest BCUT2D eigenvalue weighted by molar-refractivity contribution is -0.137. The first-order valence-electron chi connectivity index (χ1n) is 9.62. The van der Waals surface area contributed by atoms with Crippen molar-refractivity contribution in [3.8, 4) is 17.2 Å². The Balaban J connectivity index is 1.72. The Bertz CT molecular complexity index is 1060. The maximum atomic E-state index is 12.7. The van der Waals surface area contributed by atoms with E-state index in [0.717, 1.165) is 23.3 Å². The predicted molar refractivity (Wildman–Crippen MR) is 110 cm³/mol. The van der Waals surface area contributed by atoms with Crippen LogP contribution in [0.2, 0.25) is 0 Å². The molecule has 0 saturated heterocycles. The van der Waals surface area contributed by atoms with Crippen molar-refractivity contribution in [2.75, 3.05) is 0 Å². The number of aromatic nitrogens is 1. The first-order chi connectivity index (χ1) is 14.7. The summed E-state index contributed by atoms with van der Waals surface area (Å²) in [6.07, 6.45) is -2.50. The number of hydrogen-bond acceptors (Lipinski definition) is 5. The van der Waals surface area contributed by atoms with Gasteiger partial charge in [0.2, 0.25) is 5.89 Å². The number of rotatable bonds is 7. The van der Waals surface area contributed by atoms with Crippen LogP contribution in [0.1, 0.15) is 36.4 Å². The molecule has 0 aliphatic rings. The molecule has 1 heterocycles. The molecule has 0 aliphatic carbocycles. The summed E-state index contributed by atoms with van der Waals surface area (Å²) in [6, 6.07) is 12.0. The first-order valence-corrected chi connectivity index (χ1v) is 9.62. The van der Waals surface area contributed by atoms with E-state index >= 15 is 0 Å². The van der Waals surface area contributed by atoms with Crippen molar-refractivity contribution in [2.24, 2.45) is 0 Å². The van der Waals surface area contributed by atoms with Gasteiger partial charge in [0.25, 0.3) is 0 Å². The van der Waals surface area contributed by atoms with Crippen molar-refractivity contribution in [3.63, 3.8) is 0 Å². The number of oxazole rings is 1. The molecule has 8 heteroatoms. The number of alkyl halides is 3. The van der Waals surface area contributed by atoms with E-state index in [1.807, 2.05) is 44.2 Å². The first kappa shape index (κ1) is 22.6. The fraction of sp³-hybridized carbons (Fsp3) is 0.261. The predicted octanol–water partition coefficient (Wildman–Crippen LogP) is 6.02. The van der Waals surface area contributed by atoms with Crippen molar-refractivity contribution < 1.29 is 27.5 Å². The van der Waals surface area contributed by atoms with Crippen molar-refractivity contribution >= 4 is 5.57 Å². The fourth-order valence-corrected chi connectivity index (χ4v) is 2.98. The standard InChI is InChI=1S/C23H23F3N2O3/c1-14(11-15(2)28-29)18-5-4-6-20(12-18)30-13-21-16(3)31-22(27-21)17-7-9-19(10-8-17)23(24,25)26/h4-12,15,28-29H,13H2,1-3H3/b14-11+. The molecule has 0 bridgehead atoms. The van der Waals surface area contributed by atoms with E-state index in [1.54, 1.807) is 6.92 Å². The molecular formula is C23H23F3N2O3. The molecule has 3 rings (SSSR count). The van der Waals surface area contributed by atoms with Gasteiger partial charge in [0.1, 0.15) is 23.8 Å². The van der Waals surface area contributed by atoms with Gasteiger partial charge in [-0.05, 0) is 68.3 Å². The van der Waals surface area contributed by atoms with Gasteiger partial charge in [0.15, 0.2) is 0 Å². The number of ether oxygens (including phenoxy) is 1. The van der Waals surface area contributed by atoms with Crippen LogP contribution in [0.25, 0.3) is 17.0 Å². The highest BCUT2D eigenvalue weighted by Crippen LogP contribution is 2.31. The highest BCUT2D eigenvalue weighted by molar-refractivity contribution is 5.65. The molecule has 0 fully saturated rings. The molecule has 3 aromatic rings. The van der Waals surface area contributed by atoms with Gasteiger partial charge in [-0.25, -0.2) is 4.98 Å². The summed E-state index contributed by atoms with van der Waals surface area (Å²) in [5.41, 5.74) is 4.39. The molecular weight excluding hydrogens is 409 g/mol. The van der Waals surface area contributed by atoms with E-state index in [-0.39, 0.29) is 18.5 Å². The van der Waals surface area contributed by atoms with Crippen LogP contribution in [-0.4, -0.2) is 16.2 Å². The molecule has 0 saturated carbocycles. The summed E-state index contributed by atoms with van der Waals surface area (Å²) >= 11 is 0. The second-order valence-corrected chi connectivity index (χ2v) is 7.18. The monoisotopic (exact) mass is 432 g/mol. The quantitative estimate of drug-likeness (QED) is 0.447. The van der Waals surface area contributed by atoms with Gasteiger partial charge in [0.05, 0.1) is 5.56 Å². The minimum absolute atomic E-state index is 0.150. The Morgan fingerprint density at radius 3 is 2.58 bits per heavy atom. The van der Waals surface area contributed by atoms with Crippen molar-refractivity contribution in [1.82, 2.24) is 10.5 Å². The SMILES string of the molecule is C/C(=C\C(C)NO)c1cccc(OCc2nc(-c3ccc(C(F)(F)F)cc3)oc2C)c1. The van der Waals surface area contributed by atoms with Crippen molar-refractivity contribution in [2.45, 2.75) is 39.6 Å². The number of hydrogen-bond donors (Lipinski definition) is 2. The van der Waals surface area contributed by atoms with Crippen LogP contribution in [0.5, 0.6) is 5.75 Å². The Labute approximate surface area is 178 Å². The third-order valence-corrected chi connectivity index (χ3v) is 4.72. The van der Waals surface area contributed by atoms with Gasteiger partial charge in [-0.1, -0.05) is 18.2 Å². The second-order valence-electron chi connectivity index (χ2n) is 7.18. The van der Waals surface area contributed by atoms with Crippen LogP contribution in [0, 0.1) is 6.92 Å². The molecule has 0 spiro atoms. The molecule has 1 aromatic heterocycles. The summed E-state index contributed by atoms with van der Waals surface area (Å²) in [7, 11) is 0. The van der Waals surface area contributed by atoms with Crippen LogP contribution >= 0.6 is 0 Å². The molecule has 0 aliphatic heterocycles. The Morgan fingerprint density at radius 1 is 1.23 bits per heavy atom. The minimum atomic E-state index is -4.39. The number of halogens is 3. The van der Waals surface area contributed by atoms with E-state index in [4.69, 9.17) is 14.4 Å². The Morgan fingerprint density at radius 2 is 1.94 bits per heavy atom. The van der Waals surface area contributed by atoms with Gasteiger partial charge in [0, 0.05) is 11.6 Å². The van der Waals surface area contributed by atoms with Gasteiger partial charge in [-0.2, -0.15) is 18.7 Å². The zero-order valence-corrected chi connectivity index (χ0v) is 17.3. The number of hydroxylamine groups is 1. The van der Waals surface area contributed by atoms with Crippen LogP contribution in [0.15, 0.2) is 59.0 Å². The largest absolute Gasteiger partial charge is 0.487 e. The molecule has 2 aromatic carbocycles. The summed E-state index contributed by atoms with van der Waals surface area (Å²) in [5.74, 6) is 1.40. The number of nitrogens with one attached hydrogen (secondary N) is 1. The van der Waals surface area contributed by atoms with E-state index in [0.29, 0.717) is 22.8 Å². The third-order valence-electron chi connectivity index (χ3n) is 4.72. The molecule has 0 amide bonds. The third kappa shape index (κ3) is 5.74. The average molecular weight is 432 g/mol. The van der Waals surface area contributed by atoms with Crippen LogP contribution in [-0.2, 0) is 12.8 Å². The topological polar surface area (TPSA) is 67.5 Å². The van der Waals surface area contributed by atoms with Gasteiger partial charge < -0.3 is 14.4 Å². The molecule has 31 heavy (non-hydrogen) atoms. The fourth-order valence-electron chi connectivity index (χ4n) is 2.98. The molecule has 0 radical (unpaired) electrons. The Hall–Kier alpha value is -3.10. The van der Waals surface area contributed by atoms with E-state index < -0.39 is 11.7 Å². The van der Waals surface area contributed by atoms with Crippen molar-refractivity contribution in [1.29, 1.82) is 0 Å². The highest BCUT2D eigenvalue weighted by atomic mass is 19.4. The number of benzene rings is 2. The zero-order chi connectivity index (χ0) is 22.6. The summed E-state index contributed by atoms with van der Waals surface area (Å²) < 4.78 is 49.7. The van der Waals surface area contributed by atoms with Crippen LogP contribution < -0.4 is 10.2 Å². The lowest BCUT2D eigenvalue weighted by Crippen LogP contribution is -2.19. The molecule has 164 valence electrons. The number of nitrogens with zero attached hydrogens (tertiary/aromatic N) is 1. The lowest BCUT2D eigenvalue weighted by Gasteiger charge is -2.09. The second kappa shape index (κ2) is 9.36. The molecule has 2 N–H and O–H groups in total. The van der Waals surface area contributed by atoms with E-state index in [1.165, 1.54) is 12.1 Å². The number of aryl methyl sites for hydroxylation is 1. The van der Waals surface area contributed by atoms with Crippen molar-refractivity contribution in [3.05, 3.63) is 77.2 Å². The van der Waals surface area contributed by atoms with Gasteiger partial charge in [-0.15, -0.1) is 0 Å². The minimum Gasteiger partial charge on any atom is -0.487 e. The maximum absolute atomic E-state index is 12.7. The maximum Gasteiger partial charge on any atom is 0.416 e.